The summed E-state index contributed by atoms with van der Waals surface area (Å²) in [6.07, 6.45) is 3.93. The van der Waals surface area contributed by atoms with Crippen molar-refractivity contribution < 1.29 is 4.74 Å². The van der Waals surface area contributed by atoms with Crippen LogP contribution in [0.15, 0.2) is 122 Å². The summed E-state index contributed by atoms with van der Waals surface area (Å²) < 4.78 is 8.26. The largest absolute Gasteiger partial charge is 0.457 e. The summed E-state index contributed by atoms with van der Waals surface area (Å²) in [5, 5.41) is 4.21. The van der Waals surface area contributed by atoms with E-state index < -0.39 is 0 Å². The minimum absolute atomic E-state index is 0.128. The van der Waals surface area contributed by atoms with Crippen molar-refractivity contribution in [3.8, 4) is 17.2 Å². The van der Waals surface area contributed by atoms with Gasteiger partial charge in [0.25, 0.3) is 0 Å². The van der Waals surface area contributed by atoms with Gasteiger partial charge < -0.3 is 24.4 Å². The quantitative estimate of drug-likeness (QED) is 0.230. The Hall–Kier alpha value is -4.62. The molecule has 3 heterocycles. The number of para-hydroxylation sites is 1. The smallest absolute Gasteiger partial charge is 0.174 e. The number of benzene rings is 3. The molecule has 2 atom stereocenters. The highest BCUT2D eigenvalue weighted by Crippen LogP contribution is 2.42. The molecule has 6 rings (SSSR count). The lowest BCUT2D eigenvalue weighted by atomic mass is 10.0. The van der Waals surface area contributed by atoms with E-state index in [-0.39, 0.29) is 12.1 Å². The Morgan fingerprint density at radius 1 is 0.769 bits per heavy atom. The first-order chi connectivity index (χ1) is 19.1. The molecule has 3 aromatic carbocycles. The van der Waals surface area contributed by atoms with Crippen molar-refractivity contribution in [1.82, 2.24) is 14.9 Å². The van der Waals surface area contributed by atoms with Crippen LogP contribution in [0, 0.1) is 0 Å². The summed E-state index contributed by atoms with van der Waals surface area (Å²) in [6, 6.07) is 36.4. The number of rotatable bonds is 7. The molecular formula is C32H29N5OS. The highest BCUT2D eigenvalue weighted by Gasteiger charge is 2.42. The summed E-state index contributed by atoms with van der Waals surface area (Å²) in [4.78, 5) is 8.98. The Morgan fingerprint density at radius 2 is 1.46 bits per heavy atom. The summed E-state index contributed by atoms with van der Waals surface area (Å²) in [5.41, 5.74) is 5.27. The number of aromatic nitrogens is 2. The van der Waals surface area contributed by atoms with E-state index in [1.54, 1.807) is 0 Å². The van der Waals surface area contributed by atoms with Gasteiger partial charge in [-0.15, -0.1) is 0 Å². The van der Waals surface area contributed by atoms with Gasteiger partial charge in [0.2, 0.25) is 0 Å². The average molecular weight is 532 g/mol. The molecule has 0 saturated carbocycles. The molecular weight excluding hydrogens is 502 g/mol. The van der Waals surface area contributed by atoms with Crippen LogP contribution in [-0.2, 0) is 0 Å². The van der Waals surface area contributed by atoms with Gasteiger partial charge in [-0.1, -0.05) is 24.3 Å². The van der Waals surface area contributed by atoms with Crippen LogP contribution in [0.4, 0.5) is 11.4 Å². The Labute approximate surface area is 234 Å². The summed E-state index contributed by atoms with van der Waals surface area (Å²) >= 11 is 5.94. The van der Waals surface area contributed by atoms with Crippen LogP contribution >= 0.6 is 12.2 Å². The van der Waals surface area contributed by atoms with Gasteiger partial charge >= 0.3 is 0 Å². The maximum Gasteiger partial charge on any atom is 0.174 e. The Morgan fingerprint density at radius 3 is 2.15 bits per heavy atom. The number of thiocarbonyl (C=S) groups is 1. The maximum absolute atomic E-state index is 6.03. The second-order valence-corrected chi connectivity index (χ2v) is 10.0. The van der Waals surface area contributed by atoms with Gasteiger partial charge in [0.1, 0.15) is 17.5 Å². The van der Waals surface area contributed by atoms with Crippen molar-refractivity contribution in [2.24, 2.45) is 0 Å². The van der Waals surface area contributed by atoms with Crippen LogP contribution < -0.4 is 19.9 Å². The van der Waals surface area contributed by atoms with E-state index in [2.05, 4.69) is 74.4 Å². The first-order valence-electron chi connectivity index (χ1n) is 12.9. The topological polar surface area (TPSA) is 45.6 Å². The molecule has 6 nitrogen and oxygen atoms in total. The standard InChI is InChI=1S/C32H29N5OS/c1-35(2)23-13-15-24(16-14-23)36-22-8-12-29(36)31-30(28-11-6-7-21-33-28)34-32(39)37(31)25-17-19-27(20-18-25)38-26-9-4-3-5-10-26/h3-22,30-31H,1-2H3,(H,34,39). The summed E-state index contributed by atoms with van der Waals surface area (Å²) in [5.74, 6) is 1.57. The van der Waals surface area contributed by atoms with Crippen LogP contribution in [0.2, 0.25) is 0 Å². The first-order valence-corrected chi connectivity index (χ1v) is 13.3. The fourth-order valence-electron chi connectivity index (χ4n) is 5.01. The molecule has 7 heteroatoms. The number of hydrogen-bond acceptors (Lipinski definition) is 4. The van der Waals surface area contributed by atoms with Crippen LogP contribution in [0.5, 0.6) is 11.5 Å². The third kappa shape index (κ3) is 4.96. The zero-order valence-corrected chi connectivity index (χ0v) is 22.6. The highest BCUT2D eigenvalue weighted by molar-refractivity contribution is 7.80. The lowest BCUT2D eigenvalue weighted by Gasteiger charge is -2.29. The Balaban J connectivity index is 1.39. The molecule has 39 heavy (non-hydrogen) atoms. The van der Waals surface area contributed by atoms with Crippen molar-refractivity contribution >= 4 is 28.7 Å². The number of pyridine rings is 1. The molecule has 0 amide bonds. The molecule has 1 fully saturated rings. The minimum Gasteiger partial charge on any atom is -0.457 e. The fraction of sp³-hybridized carbons (Fsp3) is 0.125. The van der Waals surface area contributed by atoms with Crippen molar-refractivity contribution in [3.05, 3.63) is 133 Å². The zero-order chi connectivity index (χ0) is 26.8. The van der Waals surface area contributed by atoms with E-state index in [0.29, 0.717) is 5.11 Å². The van der Waals surface area contributed by atoms with E-state index in [1.807, 2.05) is 81.0 Å². The SMILES string of the molecule is CN(C)c1ccc(-n2cccc2C2C(c3ccccn3)NC(=S)N2c2ccc(Oc3ccccc3)cc2)cc1. The van der Waals surface area contributed by atoms with Crippen LogP contribution in [-0.4, -0.2) is 28.8 Å². The third-order valence-corrected chi connectivity index (χ3v) is 7.23. The number of hydrogen-bond donors (Lipinski definition) is 1. The number of nitrogens with one attached hydrogen (secondary N) is 1. The van der Waals surface area contributed by atoms with Crippen LogP contribution in [0.3, 0.4) is 0 Å². The lowest BCUT2D eigenvalue weighted by molar-refractivity contribution is 0.482. The fourth-order valence-corrected chi connectivity index (χ4v) is 5.36. The van der Waals surface area contributed by atoms with Gasteiger partial charge in [0.15, 0.2) is 5.11 Å². The molecule has 1 saturated heterocycles. The van der Waals surface area contributed by atoms with Gasteiger partial charge in [-0.3, -0.25) is 4.98 Å². The molecule has 0 spiro atoms. The molecule has 0 aliphatic carbocycles. The van der Waals surface area contributed by atoms with Gasteiger partial charge in [-0.25, -0.2) is 0 Å². The van der Waals surface area contributed by atoms with Gasteiger partial charge in [-0.2, -0.15) is 0 Å². The molecule has 2 unspecified atom stereocenters. The van der Waals surface area contributed by atoms with Crippen molar-refractivity contribution in [1.29, 1.82) is 0 Å². The van der Waals surface area contributed by atoms with Gasteiger partial charge in [-0.05, 0) is 97.1 Å². The van der Waals surface area contributed by atoms with Gasteiger partial charge in [0.05, 0.1) is 11.7 Å². The Bertz CT molecular complexity index is 1550. The van der Waals surface area contributed by atoms with Crippen molar-refractivity contribution in [2.75, 3.05) is 23.9 Å². The van der Waals surface area contributed by atoms with Gasteiger partial charge in [0, 0.05) is 49.2 Å². The van der Waals surface area contributed by atoms with Crippen LogP contribution in [0.1, 0.15) is 23.5 Å². The average Bonchev–Trinajstić information content (AvgIpc) is 3.59. The predicted octanol–water partition coefficient (Wildman–Crippen LogP) is 6.91. The Kier molecular flexibility index (Phi) is 6.73. The van der Waals surface area contributed by atoms with E-state index in [1.165, 1.54) is 0 Å². The van der Waals surface area contributed by atoms with E-state index >= 15 is 0 Å². The predicted molar refractivity (Wildman–Crippen MR) is 161 cm³/mol. The maximum atomic E-state index is 6.03. The molecule has 2 aromatic heterocycles. The molecule has 5 aromatic rings. The molecule has 0 radical (unpaired) electrons. The van der Waals surface area contributed by atoms with E-state index in [0.717, 1.165) is 39.9 Å². The molecule has 194 valence electrons. The lowest BCUT2D eigenvalue weighted by Crippen LogP contribution is -2.30. The van der Waals surface area contributed by atoms with Crippen molar-refractivity contribution in [3.63, 3.8) is 0 Å². The number of ether oxygens (including phenoxy) is 1. The first kappa shape index (κ1) is 24.7. The van der Waals surface area contributed by atoms with Crippen LogP contribution in [0.25, 0.3) is 5.69 Å². The summed E-state index contributed by atoms with van der Waals surface area (Å²) in [6.45, 7) is 0. The second-order valence-electron chi connectivity index (χ2n) is 9.62. The number of nitrogens with zero attached hydrogens (tertiary/aromatic N) is 4. The monoisotopic (exact) mass is 531 g/mol. The van der Waals surface area contributed by atoms with E-state index in [9.17, 15) is 0 Å². The molecule has 0 bridgehead atoms. The van der Waals surface area contributed by atoms with Crippen molar-refractivity contribution in [2.45, 2.75) is 12.1 Å². The molecule has 1 aliphatic rings. The zero-order valence-electron chi connectivity index (χ0n) is 21.8. The summed E-state index contributed by atoms with van der Waals surface area (Å²) in [7, 11) is 4.10. The molecule has 1 aliphatic heterocycles. The highest BCUT2D eigenvalue weighted by atomic mass is 32.1. The second kappa shape index (κ2) is 10.6. The third-order valence-electron chi connectivity index (χ3n) is 6.92. The number of anilines is 2. The molecule has 1 N–H and O–H groups in total. The normalized spacial score (nSPS) is 16.7. The minimum atomic E-state index is -0.131. The van der Waals surface area contributed by atoms with E-state index in [4.69, 9.17) is 21.9 Å².